The van der Waals surface area contributed by atoms with E-state index in [9.17, 15) is 31.9 Å². The highest BCUT2D eigenvalue weighted by atomic mass is 19.4. The normalized spacial score (nSPS) is 13.0. The van der Waals surface area contributed by atoms with Gasteiger partial charge in [-0.2, -0.15) is 22.0 Å². The Labute approximate surface area is 122 Å². The lowest BCUT2D eigenvalue weighted by molar-refractivity contribution is -0.144. The third kappa shape index (κ3) is 7.21. The van der Waals surface area contributed by atoms with E-state index in [1.165, 1.54) is 24.3 Å². The summed E-state index contributed by atoms with van der Waals surface area (Å²) in [6.45, 7) is -3.25. The van der Waals surface area contributed by atoms with E-state index in [2.05, 4.69) is 10.1 Å². The second-order valence-electron chi connectivity index (χ2n) is 4.38. The second kappa shape index (κ2) is 7.92. The molecule has 1 unspecified atom stereocenters. The standard InChI is InChI=1S/C13H14F5NO3/c14-12(15)22-9-3-1-8(2-4-9)10(20)7-19-11(21)5-6-13(16,17)18/h1-4,10,12,20H,5-7H2,(H,19,21). The Morgan fingerprint density at radius 3 is 2.32 bits per heavy atom. The molecule has 22 heavy (non-hydrogen) atoms. The van der Waals surface area contributed by atoms with Crippen LogP contribution < -0.4 is 10.1 Å². The summed E-state index contributed by atoms with van der Waals surface area (Å²) in [4.78, 5) is 11.2. The molecule has 1 aromatic carbocycles. The summed E-state index contributed by atoms with van der Waals surface area (Å²) in [5.41, 5.74) is 0.303. The quantitative estimate of drug-likeness (QED) is 0.757. The molecular weight excluding hydrogens is 313 g/mol. The van der Waals surface area contributed by atoms with Crippen LogP contribution in [0.3, 0.4) is 0 Å². The molecule has 2 N–H and O–H groups in total. The van der Waals surface area contributed by atoms with Crippen LogP contribution in [-0.4, -0.2) is 30.3 Å². The van der Waals surface area contributed by atoms with Crippen LogP contribution in [-0.2, 0) is 4.79 Å². The molecule has 0 spiro atoms. The molecule has 0 saturated heterocycles. The third-order valence-corrected chi connectivity index (χ3v) is 2.62. The van der Waals surface area contributed by atoms with Gasteiger partial charge in [-0.25, -0.2) is 0 Å². The lowest BCUT2D eigenvalue weighted by atomic mass is 10.1. The number of halogens is 5. The van der Waals surface area contributed by atoms with Crippen LogP contribution >= 0.6 is 0 Å². The number of hydrogen-bond acceptors (Lipinski definition) is 3. The largest absolute Gasteiger partial charge is 0.435 e. The SMILES string of the molecule is O=C(CCC(F)(F)F)NCC(O)c1ccc(OC(F)F)cc1. The lowest BCUT2D eigenvalue weighted by Crippen LogP contribution is -2.29. The number of carbonyl (C=O) groups excluding carboxylic acids is 1. The molecule has 0 saturated carbocycles. The number of amides is 1. The van der Waals surface area contributed by atoms with Gasteiger partial charge in [0.2, 0.25) is 5.91 Å². The van der Waals surface area contributed by atoms with Crippen LogP contribution in [0.1, 0.15) is 24.5 Å². The maximum Gasteiger partial charge on any atom is 0.389 e. The second-order valence-corrected chi connectivity index (χ2v) is 4.38. The molecule has 0 aliphatic carbocycles. The highest BCUT2D eigenvalue weighted by Crippen LogP contribution is 2.21. The number of benzene rings is 1. The van der Waals surface area contributed by atoms with Gasteiger partial charge in [0.05, 0.1) is 12.5 Å². The van der Waals surface area contributed by atoms with Crippen molar-refractivity contribution in [2.75, 3.05) is 6.54 Å². The van der Waals surface area contributed by atoms with Crippen LogP contribution in [0.2, 0.25) is 0 Å². The van der Waals surface area contributed by atoms with Crippen LogP contribution in [0.25, 0.3) is 0 Å². The van der Waals surface area contributed by atoms with Crippen LogP contribution in [0.5, 0.6) is 5.75 Å². The first-order chi connectivity index (χ1) is 10.2. The molecule has 9 heteroatoms. The number of rotatable bonds is 7. The summed E-state index contributed by atoms with van der Waals surface area (Å²) < 4.78 is 63.8. The van der Waals surface area contributed by atoms with Gasteiger partial charge in [0, 0.05) is 13.0 Å². The van der Waals surface area contributed by atoms with Crippen molar-refractivity contribution in [3.63, 3.8) is 0 Å². The Kier molecular flexibility index (Phi) is 6.54. The Balaban J connectivity index is 2.41. The summed E-state index contributed by atoms with van der Waals surface area (Å²) >= 11 is 0. The highest BCUT2D eigenvalue weighted by Gasteiger charge is 2.27. The van der Waals surface area contributed by atoms with Crippen molar-refractivity contribution >= 4 is 5.91 Å². The number of aliphatic hydroxyl groups excluding tert-OH is 1. The van der Waals surface area contributed by atoms with Crippen molar-refractivity contribution in [3.8, 4) is 5.75 Å². The van der Waals surface area contributed by atoms with E-state index in [-0.39, 0.29) is 12.3 Å². The Bertz CT molecular complexity index is 476. The highest BCUT2D eigenvalue weighted by molar-refractivity contribution is 5.75. The first-order valence-corrected chi connectivity index (χ1v) is 6.23. The molecule has 1 rings (SSSR count). The topological polar surface area (TPSA) is 58.6 Å². The predicted octanol–water partition coefficient (Wildman–Crippen LogP) is 2.78. The van der Waals surface area contributed by atoms with E-state index in [0.717, 1.165) is 0 Å². The van der Waals surface area contributed by atoms with E-state index in [1.54, 1.807) is 0 Å². The zero-order valence-corrected chi connectivity index (χ0v) is 11.2. The van der Waals surface area contributed by atoms with E-state index >= 15 is 0 Å². The number of hydrogen-bond donors (Lipinski definition) is 2. The molecule has 0 radical (unpaired) electrons. The molecule has 0 aliphatic rings. The minimum absolute atomic E-state index is 0.0971. The summed E-state index contributed by atoms with van der Waals surface area (Å²) in [7, 11) is 0. The van der Waals surface area contributed by atoms with Crippen molar-refractivity contribution in [2.45, 2.75) is 31.7 Å². The van der Waals surface area contributed by atoms with Crippen molar-refractivity contribution in [1.82, 2.24) is 5.32 Å². The molecule has 124 valence electrons. The third-order valence-electron chi connectivity index (χ3n) is 2.62. The van der Waals surface area contributed by atoms with Crippen molar-refractivity contribution in [2.24, 2.45) is 0 Å². The fourth-order valence-corrected chi connectivity index (χ4v) is 1.54. The Morgan fingerprint density at radius 2 is 1.82 bits per heavy atom. The molecule has 0 aromatic heterocycles. The van der Waals surface area contributed by atoms with Crippen LogP contribution in [0, 0.1) is 0 Å². The number of alkyl halides is 5. The monoisotopic (exact) mass is 327 g/mol. The van der Waals surface area contributed by atoms with Gasteiger partial charge in [-0.05, 0) is 17.7 Å². The maximum atomic E-state index is 11.9. The Morgan fingerprint density at radius 1 is 1.23 bits per heavy atom. The smallest absolute Gasteiger partial charge is 0.389 e. The molecule has 0 heterocycles. The maximum absolute atomic E-state index is 11.9. The van der Waals surface area contributed by atoms with Gasteiger partial charge < -0.3 is 15.2 Å². The van der Waals surface area contributed by atoms with Gasteiger partial charge in [-0.15, -0.1) is 0 Å². The molecule has 4 nitrogen and oxygen atoms in total. The summed E-state index contributed by atoms with van der Waals surface area (Å²) in [5.74, 6) is -0.936. The molecule has 0 aliphatic heterocycles. The minimum Gasteiger partial charge on any atom is -0.435 e. The number of carbonyl (C=O) groups is 1. The molecule has 0 fully saturated rings. The lowest BCUT2D eigenvalue weighted by Gasteiger charge is -2.13. The first kappa shape index (κ1) is 18.1. The number of nitrogens with one attached hydrogen (secondary N) is 1. The zero-order valence-electron chi connectivity index (χ0n) is 11.2. The van der Waals surface area contributed by atoms with Crippen LogP contribution in [0.15, 0.2) is 24.3 Å². The van der Waals surface area contributed by atoms with Gasteiger partial charge in [-0.1, -0.05) is 12.1 Å². The number of ether oxygens (including phenoxy) is 1. The van der Waals surface area contributed by atoms with Crippen molar-refractivity contribution in [3.05, 3.63) is 29.8 Å². The average molecular weight is 327 g/mol. The average Bonchev–Trinajstić information content (AvgIpc) is 2.42. The predicted molar refractivity (Wildman–Crippen MR) is 66.3 cm³/mol. The van der Waals surface area contributed by atoms with E-state index in [0.29, 0.717) is 5.56 Å². The van der Waals surface area contributed by atoms with E-state index in [1.807, 2.05) is 0 Å². The molecule has 1 aromatic rings. The van der Waals surface area contributed by atoms with Gasteiger partial charge in [0.25, 0.3) is 0 Å². The van der Waals surface area contributed by atoms with E-state index in [4.69, 9.17) is 0 Å². The molecular formula is C13H14F5NO3. The minimum atomic E-state index is -4.42. The van der Waals surface area contributed by atoms with Gasteiger partial charge >= 0.3 is 12.8 Å². The summed E-state index contributed by atoms with van der Waals surface area (Å²) in [6, 6.07) is 5.03. The van der Waals surface area contributed by atoms with Crippen LogP contribution in [0.4, 0.5) is 22.0 Å². The van der Waals surface area contributed by atoms with Gasteiger partial charge in [-0.3, -0.25) is 4.79 Å². The van der Waals surface area contributed by atoms with Crippen molar-refractivity contribution < 1.29 is 36.6 Å². The zero-order chi connectivity index (χ0) is 16.8. The molecule has 0 bridgehead atoms. The summed E-state index contributed by atoms with van der Waals surface area (Å²) in [6.07, 6.45) is -7.56. The van der Waals surface area contributed by atoms with Gasteiger partial charge in [0.15, 0.2) is 0 Å². The summed E-state index contributed by atoms with van der Waals surface area (Å²) in [5, 5.41) is 11.9. The van der Waals surface area contributed by atoms with Crippen molar-refractivity contribution in [1.29, 1.82) is 0 Å². The van der Waals surface area contributed by atoms with E-state index < -0.39 is 37.6 Å². The fraction of sp³-hybridized carbons (Fsp3) is 0.462. The molecule has 1 amide bonds. The fourth-order valence-electron chi connectivity index (χ4n) is 1.54. The molecule has 1 atom stereocenters. The number of aliphatic hydroxyl groups is 1. The Hall–Kier alpha value is -1.90. The first-order valence-electron chi connectivity index (χ1n) is 6.23. The van der Waals surface area contributed by atoms with Gasteiger partial charge in [0.1, 0.15) is 5.75 Å².